The SMILES string of the molecule is COc1ccc(N2Cc3ccccc3C2=O)cc1OC(C)CCc1ccccc1. The number of rotatable bonds is 7. The topological polar surface area (TPSA) is 38.8 Å². The van der Waals surface area contributed by atoms with Gasteiger partial charge < -0.3 is 14.4 Å². The van der Waals surface area contributed by atoms with Crippen LogP contribution in [0.2, 0.25) is 0 Å². The number of carbonyl (C=O) groups is 1. The zero-order chi connectivity index (χ0) is 20.2. The lowest BCUT2D eigenvalue weighted by Gasteiger charge is -2.21. The number of carbonyl (C=O) groups excluding carboxylic acids is 1. The fraction of sp³-hybridized carbons (Fsp3) is 0.240. The summed E-state index contributed by atoms with van der Waals surface area (Å²) in [6.07, 6.45) is 1.86. The van der Waals surface area contributed by atoms with Gasteiger partial charge in [-0.1, -0.05) is 48.5 Å². The third kappa shape index (κ3) is 4.11. The molecule has 0 aliphatic carbocycles. The van der Waals surface area contributed by atoms with E-state index in [1.165, 1.54) is 5.56 Å². The van der Waals surface area contributed by atoms with Gasteiger partial charge in [0, 0.05) is 17.3 Å². The summed E-state index contributed by atoms with van der Waals surface area (Å²) in [5, 5.41) is 0. The molecule has 0 radical (unpaired) electrons. The minimum atomic E-state index is 0.0193. The van der Waals surface area contributed by atoms with Crippen LogP contribution in [-0.2, 0) is 13.0 Å². The van der Waals surface area contributed by atoms with E-state index in [9.17, 15) is 4.79 Å². The summed E-state index contributed by atoms with van der Waals surface area (Å²) in [4.78, 5) is 14.6. The Hall–Kier alpha value is -3.27. The van der Waals surface area contributed by atoms with Gasteiger partial charge in [0.2, 0.25) is 0 Å². The van der Waals surface area contributed by atoms with E-state index in [0.29, 0.717) is 18.0 Å². The van der Waals surface area contributed by atoms with Crippen LogP contribution in [0.3, 0.4) is 0 Å². The van der Waals surface area contributed by atoms with E-state index >= 15 is 0 Å². The summed E-state index contributed by atoms with van der Waals surface area (Å²) in [7, 11) is 1.63. The molecule has 1 amide bonds. The van der Waals surface area contributed by atoms with Crippen LogP contribution in [0.4, 0.5) is 5.69 Å². The number of hydrogen-bond acceptors (Lipinski definition) is 3. The van der Waals surface area contributed by atoms with Crippen LogP contribution in [0.25, 0.3) is 0 Å². The number of benzene rings is 3. The standard InChI is InChI=1S/C25H25NO3/c1-18(12-13-19-8-4-3-5-9-19)29-24-16-21(14-15-23(24)28-2)26-17-20-10-6-7-11-22(20)25(26)27/h3-11,14-16,18H,12-13,17H2,1-2H3. The highest BCUT2D eigenvalue weighted by molar-refractivity contribution is 6.10. The zero-order valence-corrected chi connectivity index (χ0v) is 16.8. The molecule has 0 spiro atoms. The molecule has 0 saturated heterocycles. The van der Waals surface area contributed by atoms with Crippen molar-refractivity contribution in [2.24, 2.45) is 0 Å². The molecule has 1 unspecified atom stereocenters. The van der Waals surface area contributed by atoms with Gasteiger partial charge >= 0.3 is 0 Å². The van der Waals surface area contributed by atoms with E-state index in [4.69, 9.17) is 9.47 Å². The van der Waals surface area contributed by atoms with Crippen molar-refractivity contribution in [1.29, 1.82) is 0 Å². The Kier molecular flexibility index (Phi) is 5.52. The van der Waals surface area contributed by atoms with Gasteiger partial charge in [0.1, 0.15) is 0 Å². The minimum absolute atomic E-state index is 0.0193. The second-order valence-corrected chi connectivity index (χ2v) is 7.34. The molecule has 148 valence electrons. The number of nitrogens with zero attached hydrogens (tertiary/aromatic N) is 1. The van der Waals surface area contributed by atoms with Crippen molar-refractivity contribution in [3.63, 3.8) is 0 Å². The lowest BCUT2D eigenvalue weighted by Crippen LogP contribution is -2.23. The van der Waals surface area contributed by atoms with Gasteiger partial charge in [-0.05, 0) is 49.1 Å². The van der Waals surface area contributed by atoms with E-state index in [1.54, 1.807) is 12.0 Å². The molecule has 0 fully saturated rings. The average molecular weight is 387 g/mol. The predicted molar refractivity (Wildman–Crippen MR) is 115 cm³/mol. The summed E-state index contributed by atoms with van der Waals surface area (Å²) in [5.41, 5.74) is 3.93. The molecule has 1 aliphatic heterocycles. The fourth-order valence-corrected chi connectivity index (χ4v) is 3.68. The molecular weight excluding hydrogens is 362 g/mol. The van der Waals surface area contributed by atoms with Gasteiger partial charge in [0.25, 0.3) is 5.91 Å². The normalized spacial score (nSPS) is 13.9. The lowest BCUT2D eigenvalue weighted by atomic mass is 10.1. The first-order chi connectivity index (χ1) is 14.2. The van der Waals surface area contributed by atoms with Crippen molar-refractivity contribution in [2.75, 3.05) is 12.0 Å². The molecule has 3 aromatic rings. The Bertz CT molecular complexity index is 1000. The Balaban J connectivity index is 1.49. The highest BCUT2D eigenvalue weighted by Crippen LogP contribution is 2.36. The number of aryl methyl sites for hydroxylation is 1. The Morgan fingerprint density at radius 3 is 2.48 bits per heavy atom. The summed E-state index contributed by atoms with van der Waals surface area (Å²) in [6.45, 7) is 2.64. The smallest absolute Gasteiger partial charge is 0.258 e. The first kappa shape index (κ1) is 19.1. The molecular formula is C25H25NO3. The first-order valence-electron chi connectivity index (χ1n) is 9.94. The van der Waals surface area contributed by atoms with Crippen LogP contribution >= 0.6 is 0 Å². The summed E-state index contributed by atoms with van der Waals surface area (Å²) in [5.74, 6) is 1.35. The Morgan fingerprint density at radius 2 is 1.72 bits per heavy atom. The van der Waals surface area contributed by atoms with Gasteiger partial charge in [-0.15, -0.1) is 0 Å². The second kappa shape index (κ2) is 8.39. The third-order valence-electron chi connectivity index (χ3n) is 5.29. The van der Waals surface area contributed by atoms with E-state index in [2.05, 4.69) is 31.2 Å². The number of anilines is 1. The number of hydrogen-bond donors (Lipinski definition) is 0. The van der Waals surface area contributed by atoms with Crippen molar-refractivity contribution < 1.29 is 14.3 Å². The number of fused-ring (bicyclic) bond motifs is 1. The summed E-state index contributed by atoms with van der Waals surface area (Å²) in [6, 6.07) is 23.8. The fourth-order valence-electron chi connectivity index (χ4n) is 3.68. The van der Waals surface area contributed by atoms with Crippen molar-refractivity contribution in [3.05, 3.63) is 89.5 Å². The molecule has 1 heterocycles. The highest BCUT2D eigenvalue weighted by Gasteiger charge is 2.28. The van der Waals surface area contributed by atoms with Crippen LogP contribution < -0.4 is 14.4 Å². The molecule has 0 bridgehead atoms. The lowest BCUT2D eigenvalue weighted by molar-refractivity contribution is 0.0996. The third-order valence-corrected chi connectivity index (χ3v) is 5.29. The Labute approximate surface area is 171 Å². The van der Waals surface area contributed by atoms with Gasteiger partial charge in [-0.25, -0.2) is 0 Å². The van der Waals surface area contributed by atoms with Crippen molar-refractivity contribution in [1.82, 2.24) is 0 Å². The first-order valence-corrected chi connectivity index (χ1v) is 9.94. The average Bonchev–Trinajstić information content (AvgIpc) is 3.10. The van der Waals surface area contributed by atoms with E-state index in [-0.39, 0.29) is 12.0 Å². The number of ether oxygens (including phenoxy) is 2. The summed E-state index contributed by atoms with van der Waals surface area (Å²) >= 11 is 0. The van der Waals surface area contributed by atoms with Crippen LogP contribution in [0.5, 0.6) is 11.5 Å². The van der Waals surface area contributed by atoms with Crippen LogP contribution in [0.15, 0.2) is 72.8 Å². The molecule has 0 N–H and O–H groups in total. The van der Waals surface area contributed by atoms with Crippen molar-refractivity contribution >= 4 is 11.6 Å². The quantitative estimate of drug-likeness (QED) is 0.555. The Morgan fingerprint density at radius 1 is 0.966 bits per heavy atom. The largest absolute Gasteiger partial charge is 0.493 e. The maximum atomic E-state index is 12.8. The van der Waals surface area contributed by atoms with Gasteiger partial charge in [0.15, 0.2) is 11.5 Å². The monoisotopic (exact) mass is 387 g/mol. The van der Waals surface area contributed by atoms with E-state index in [0.717, 1.165) is 29.7 Å². The van der Waals surface area contributed by atoms with Crippen molar-refractivity contribution in [3.8, 4) is 11.5 Å². The maximum Gasteiger partial charge on any atom is 0.258 e. The highest BCUT2D eigenvalue weighted by atomic mass is 16.5. The molecule has 0 aromatic heterocycles. The molecule has 0 saturated carbocycles. The van der Waals surface area contributed by atoms with E-state index < -0.39 is 0 Å². The maximum absolute atomic E-state index is 12.8. The molecule has 4 heteroatoms. The van der Waals surface area contributed by atoms with Gasteiger partial charge in [0.05, 0.1) is 19.8 Å². The van der Waals surface area contributed by atoms with Gasteiger partial charge in [-0.3, -0.25) is 4.79 Å². The molecule has 3 aromatic carbocycles. The number of amides is 1. The summed E-state index contributed by atoms with van der Waals surface area (Å²) < 4.78 is 11.7. The molecule has 4 rings (SSSR count). The van der Waals surface area contributed by atoms with E-state index in [1.807, 2.05) is 48.5 Å². The molecule has 4 nitrogen and oxygen atoms in total. The van der Waals surface area contributed by atoms with Crippen molar-refractivity contribution in [2.45, 2.75) is 32.4 Å². The zero-order valence-electron chi connectivity index (χ0n) is 16.8. The molecule has 29 heavy (non-hydrogen) atoms. The molecule has 1 aliphatic rings. The minimum Gasteiger partial charge on any atom is -0.493 e. The second-order valence-electron chi connectivity index (χ2n) is 7.34. The van der Waals surface area contributed by atoms with Gasteiger partial charge in [-0.2, -0.15) is 0 Å². The van der Waals surface area contributed by atoms with Crippen LogP contribution in [0, 0.1) is 0 Å². The molecule has 1 atom stereocenters. The number of methoxy groups -OCH3 is 1. The predicted octanol–water partition coefficient (Wildman–Crippen LogP) is 5.26. The van der Waals surface area contributed by atoms with Crippen LogP contribution in [0.1, 0.15) is 34.8 Å². The van der Waals surface area contributed by atoms with Crippen LogP contribution in [-0.4, -0.2) is 19.1 Å².